The molecule has 1 aromatic carbocycles. The van der Waals surface area contributed by atoms with Gasteiger partial charge in [0.25, 0.3) is 10.1 Å². The lowest BCUT2D eigenvalue weighted by Crippen LogP contribution is -2.01. The Morgan fingerprint density at radius 1 is 1.37 bits per heavy atom. The molecule has 0 aliphatic carbocycles. The first-order valence-corrected chi connectivity index (χ1v) is 6.80. The second kappa shape index (κ2) is 6.35. The average molecular weight is 286 g/mol. The van der Waals surface area contributed by atoms with Crippen LogP contribution in [-0.4, -0.2) is 31.8 Å². The number of hydrogen-bond acceptors (Lipinski definition) is 5. The Hall–Kier alpha value is -1.86. The van der Waals surface area contributed by atoms with Crippen molar-refractivity contribution in [3.63, 3.8) is 0 Å². The number of ether oxygens (including phenoxy) is 2. The Morgan fingerprint density at radius 2 is 1.95 bits per heavy atom. The van der Waals surface area contributed by atoms with Crippen LogP contribution in [0.2, 0.25) is 0 Å². The summed E-state index contributed by atoms with van der Waals surface area (Å²) in [5.41, 5.74) is 0.808. The van der Waals surface area contributed by atoms with Crippen LogP contribution in [0, 0.1) is 0 Å². The minimum Gasteiger partial charge on any atom is -0.430 e. The first-order valence-electron chi connectivity index (χ1n) is 5.36. The summed E-state index contributed by atoms with van der Waals surface area (Å²) in [6, 6.07) is 5.78. The summed E-state index contributed by atoms with van der Waals surface area (Å²) in [5, 5.41) is 0. The Kier molecular flexibility index (Phi) is 5.08. The number of carbonyl (C=O) groups is 1. The van der Waals surface area contributed by atoms with Gasteiger partial charge in [-0.05, 0) is 24.6 Å². The number of carbonyl (C=O) groups excluding carboxylic acids is 1. The van der Waals surface area contributed by atoms with Crippen LogP contribution in [0.25, 0.3) is 6.08 Å². The number of rotatable bonds is 2. The molecule has 1 aliphatic rings. The molecular weight excluding hydrogens is 272 g/mol. The molecule has 0 bridgehead atoms. The van der Waals surface area contributed by atoms with E-state index in [0.29, 0.717) is 6.61 Å². The Morgan fingerprint density at radius 3 is 2.21 bits per heavy atom. The van der Waals surface area contributed by atoms with Gasteiger partial charge in [0.1, 0.15) is 12.7 Å². The van der Waals surface area contributed by atoms with Crippen molar-refractivity contribution in [2.45, 2.75) is 17.9 Å². The molecule has 1 saturated heterocycles. The summed E-state index contributed by atoms with van der Waals surface area (Å²) >= 11 is 0. The molecule has 1 fully saturated rings. The third-order valence-corrected chi connectivity index (χ3v) is 3.01. The minimum absolute atomic E-state index is 0.0486. The summed E-state index contributed by atoms with van der Waals surface area (Å²) < 4.78 is 38.6. The SMILES string of the molecule is C=Cc1ccc(S(=O)(=O)O)cc1.CC1COC(=O)O1. The normalized spacial score (nSPS) is 17.8. The van der Waals surface area contributed by atoms with Gasteiger partial charge in [-0.15, -0.1) is 0 Å². The van der Waals surface area contributed by atoms with E-state index in [-0.39, 0.29) is 11.0 Å². The Balaban J connectivity index is 0.000000218. The molecule has 0 aromatic heterocycles. The van der Waals surface area contributed by atoms with Gasteiger partial charge in [-0.25, -0.2) is 4.79 Å². The van der Waals surface area contributed by atoms with Gasteiger partial charge >= 0.3 is 6.16 Å². The average Bonchev–Trinajstić information content (AvgIpc) is 2.73. The summed E-state index contributed by atoms with van der Waals surface area (Å²) in [6.45, 7) is 5.70. The molecule has 1 heterocycles. The fourth-order valence-corrected chi connectivity index (χ4v) is 1.67. The standard InChI is InChI=1S/C8H8O3S.C4H6O3/c1-2-7-3-5-8(6-4-7)12(9,10)11;1-3-2-6-4(5)7-3/h2-6H,1H2,(H,9,10,11);3H,2H2,1H3. The highest BCUT2D eigenvalue weighted by Crippen LogP contribution is 2.10. The molecule has 6 nitrogen and oxygen atoms in total. The van der Waals surface area contributed by atoms with Crippen LogP contribution in [0.1, 0.15) is 12.5 Å². The van der Waals surface area contributed by atoms with Crippen LogP contribution in [-0.2, 0) is 19.6 Å². The van der Waals surface area contributed by atoms with Gasteiger partial charge in [0.15, 0.2) is 0 Å². The number of hydrogen-bond donors (Lipinski definition) is 1. The highest BCUT2D eigenvalue weighted by Gasteiger charge is 2.19. The summed E-state index contributed by atoms with van der Waals surface area (Å²) in [6.07, 6.45) is 0.994. The van der Waals surface area contributed by atoms with Gasteiger partial charge < -0.3 is 9.47 Å². The smallest absolute Gasteiger partial charge is 0.430 e. The van der Waals surface area contributed by atoms with Crippen molar-refractivity contribution in [3.05, 3.63) is 36.4 Å². The van der Waals surface area contributed by atoms with Crippen LogP contribution in [0.15, 0.2) is 35.7 Å². The van der Waals surface area contributed by atoms with E-state index in [0.717, 1.165) is 5.56 Å². The van der Waals surface area contributed by atoms with Crippen molar-refractivity contribution in [1.29, 1.82) is 0 Å². The Bertz CT molecular complexity index is 546. The highest BCUT2D eigenvalue weighted by molar-refractivity contribution is 7.85. The van der Waals surface area contributed by atoms with Gasteiger partial charge in [-0.2, -0.15) is 8.42 Å². The molecule has 1 atom stereocenters. The van der Waals surface area contributed by atoms with Crippen LogP contribution in [0.4, 0.5) is 4.79 Å². The highest BCUT2D eigenvalue weighted by atomic mass is 32.2. The molecule has 7 heteroatoms. The van der Waals surface area contributed by atoms with Crippen molar-refractivity contribution in [2.24, 2.45) is 0 Å². The monoisotopic (exact) mass is 286 g/mol. The van der Waals surface area contributed by atoms with E-state index in [1.165, 1.54) is 12.1 Å². The van der Waals surface area contributed by atoms with Crippen molar-refractivity contribution in [1.82, 2.24) is 0 Å². The van der Waals surface area contributed by atoms with Gasteiger partial charge in [-0.3, -0.25) is 4.55 Å². The van der Waals surface area contributed by atoms with Gasteiger partial charge in [0.2, 0.25) is 0 Å². The number of benzene rings is 1. The van der Waals surface area contributed by atoms with Crippen molar-refractivity contribution in [3.8, 4) is 0 Å². The second-order valence-electron chi connectivity index (χ2n) is 3.74. The van der Waals surface area contributed by atoms with E-state index in [4.69, 9.17) is 4.55 Å². The maximum atomic E-state index is 10.6. The zero-order chi connectivity index (χ0) is 14.5. The summed E-state index contributed by atoms with van der Waals surface area (Å²) in [7, 11) is -4.06. The molecule has 1 unspecified atom stereocenters. The van der Waals surface area contributed by atoms with Crippen molar-refractivity contribution < 1.29 is 27.2 Å². The number of cyclic esters (lactones) is 2. The molecule has 2 rings (SSSR count). The molecule has 0 saturated carbocycles. The molecule has 19 heavy (non-hydrogen) atoms. The molecule has 104 valence electrons. The van der Waals surface area contributed by atoms with E-state index in [9.17, 15) is 13.2 Å². The van der Waals surface area contributed by atoms with Gasteiger partial charge in [-0.1, -0.05) is 24.8 Å². The maximum Gasteiger partial charge on any atom is 0.508 e. The molecule has 1 aromatic rings. The zero-order valence-electron chi connectivity index (χ0n) is 10.3. The van der Waals surface area contributed by atoms with E-state index >= 15 is 0 Å². The first-order chi connectivity index (χ1) is 8.82. The van der Waals surface area contributed by atoms with E-state index in [1.54, 1.807) is 25.1 Å². The summed E-state index contributed by atoms with van der Waals surface area (Å²) in [4.78, 5) is 9.91. The molecule has 0 radical (unpaired) electrons. The molecule has 0 amide bonds. The molecular formula is C12H14O6S. The van der Waals surface area contributed by atoms with Crippen LogP contribution in [0.3, 0.4) is 0 Å². The molecule has 1 N–H and O–H groups in total. The van der Waals surface area contributed by atoms with Crippen LogP contribution >= 0.6 is 0 Å². The molecule has 0 spiro atoms. The Labute approximate surface area is 111 Å². The third kappa shape index (κ3) is 5.11. The lowest BCUT2D eigenvalue weighted by atomic mass is 10.2. The minimum atomic E-state index is -4.06. The quantitative estimate of drug-likeness (QED) is 0.661. The summed E-state index contributed by atoms with van der Waals surface area (Å²) in [5.74, 6) is 0. The van der Waals surface area contributed by atoms with Crippen LogP contribution < -0.4 is 0 Å². The van der Waals surface area contributed by atoms with Crippen molar-refractivity contribution in [2.75, 3.05) is 6.61 Å². The second-order valence-corrected chi connectivity index (χ2v) is 5.16. The third-order valence-electron chi connectivity index (χ3n) is 2.15. The predicted molar refractivity (Wildman–Crippen MR) is 68.2 cm³/mol. The van der Waals surface area contributed by atoms with E-state index in [1.807, 2.05) is 0 Å². The lowest BCUT2D eigenvalue weighted by Gasteiger charge is -1.96. The fourth-order valence-electron chi connectivity index (χ4n) is 1.19. The van der Waals surface area contributed by atoms with Crippen molar-refractivity contribution >= 4 is 22.3 Å². The van der Waals surface area contributed by atoms with Crippen LogP contribution in [0.5, 0.6) is 0 Å². The first kappa shape index (κ1) is 15.2. The largest absolute Gasteiger partial charge is 0.508 e. The molecule has 1 aliphatic heterocycles. The van der Waals surface area contributed by atoms with E-state index in [2.05, 4.69) is 16.1 Å². The predicted octanol–water partition coefficient (Wildman–Crippen LogP) is 2.12. The van der Waals surface area contributed by atoms with E-state index < -0.39 is 16.3 Å². The fraction of sp³-hybridized carbons (Fsp3) is 0.250. The van der Waals surface area contributed by atoms with Gasteiger partial charge in [0, 0.05) is 0 Å². The maximum absolute atomic E-state index is 10.6. The zero-order valence-corrected chi connectivity index (χ0v) is 11.1. The lowest BCUT2D eigenvalue weighted by molar-refractivity contribution is 0.121. The van der Waals surface area contributed by atoms with Gasteiger partial charge in [0.05, 0.1) is 4.90 Å². The topological polar surface area (TPSA) is 89.9 Å².